The van der Waals surface area contributed by atoms with Crippen LogP contribution >= 0.6 is 0 Å². The van der Waals surface area contributed by atoms with Crippen LogP contribution in [0.25, 0.3) is 11.1 Å². The number of alkyl halides is 3. The molecule has 1 aromatic carbocycles. The summed E-state index contributed by atoms with van der Waals surface area (Å²) in [5.74, 6) is -0.724. The molecule has 17 heavy (non-hydrogen) atoms. The summed E-state index contributed by atoms with van der Waals surface area (Å²) >= 11 is 0. The number of rotatable bonds is 1. The number of benzene rings is 1. The van der Waals surface area contributed by atoms with Crippen LogP contribution in [0.1, 0.15) is 5.56 Å². The summed E-state index contributed by atoms with van der Waals surface area (Å²) in [7, 11) is 0. The fourth-order valence-electron chi connectivity index (χ4n) is 1.52. The Bertz CT molecular complexity index is 517. The van der Waals surface area contributed by atoms with Crippen LogP contribution in [0.2, 0.25) is 0 Å². The van der Waals surface area contributed by atoms with Gasteiger partial charge in [0.2, 0.25) is 5.95 Å². The molecule has 0 fully saturated rings. The fourth-order valence-corrected chi connectivity index (χ4v) is 1.52. The topological polar surface area (TPSA) is 12.9 Å². The van der Waals surface area contributed by atoms with Gasteiger partial charge in [-0.1, -0.05) is 18.2 Å². The first-order valence-electron chi connectivity index (χ1n) is 4.76. The Morgan fingerprint density at radius 1 is 0.941 bits per heavy atom. The van der Waals surface area contributed by atoms with Crippen LogP contribution in [0.15, 0.2) is 42.6 Å². The lowest BCUT2D eigenvalue weighted by Crippen LogP contribution is -2.06. The quantitative estimate of drug-likeness (QED) is 0.545. The van der Waals surface area contributed by atoms with Crippen molar-refractivity contribution >= 4 is 0 Å². The van der Waals surface area contributed by atoms with E-state index in [2.05, 4.69) is 4.98 Å². The molecule has 5 heteroatoms. The minimum atomic E-state index is -4.44. The first-order chi connectivity index (χ1) is 7.98. The fraction of sp³-hybridized carbons (Fsp3) is 0.0833. The first kappa shape index (κ1) is 11.6. The number of pyridine rings is 1. The Morgan fingerprint density at radius 2 is 1.65 bits per heavy atom. The van der Waals surface area contributed by atoms with Gasteiger partial charge >= 0.3 is 6.18 Å². The largest absolute Gasteiger partial charge is 0.417 e. The normalized spacial score (nSPS) is 11.5. The summed E-state index contributed by atoms with van der Waals surface area (Å²) in [5, 5.41) is 0. The van der Waals surface area contributed by atoms with Crippen LogP contribution in [0.3, 0.4) is 0 Å². The van der Waals surface area contributed by atoms with E-state index < -0.39 is 17.7 Å². The number of aromatic nitrogens is 1. The lowest BCUT2D eigenvalue weighted by atomic mass is 10.0. The van der Waals surface area contributed by atoms with Gasteiger partial charge in [-0.3, -0.25) is 0 Å². The molecule has 0 amide bonds. The van der Waals surface area contributed by atoms with Crippen LogP contribution in [-0.2, 0) is 6.18 Å². The van der Waals surface area contributed by atoms with Gasteiger partial charge in [-0.25, -0.2) is 4.98 Å². The van der Waals surface area contributed by atoms with Gasteiger partial charge in [0.1, 0.15) is 0 Å². The zero-order valence-corrected chi connectivity index (χ0v) is 8.50. The van der Waals surface area contributed by atoms with Crippen molar-refractivity contribution in [2.24, 2.45) is 0 Å². The highest BCUT2D eigenvalue weighted by molar-refractivity contribution is 5.67. The van der Waals surface area contributed by atoms with Gasteiger partial charge in [0.05, 0.1) is 5.56 Å². The lowest BCUT2D eigenvalue weighted by molar-refractivity contribution is -0.137. The second kappa shape index (κ2) is 4.16. The Hall–Kier alpha value is -1.91. The van der Waals surface area contributed by atoms with Crippen molar-refractivity contribution in [2.75, 3.05) is 0 Å². The van der Waals surface area contributed by atoms with E-state index in [4.69, 9.17) is 0 Å². The molecule has 0 N–H and O–H groups in total. The van der Waals surface area contributed by atoms with Gasteiger partial charge in [0.15, 0.2) is 0 Å². The molecule has 0 aliphatic rings. The van der Waals surface area contributed by atoms with E-state index >= 15 is 0 Å². The summed E-state index contributed by atoms with van der Waals surface area (Å²) < 4.78 is 50.8. The zero-order valence-electron chi connectivity index (χ0n) is 8.50. The van der Waals surface area contributed by atoms with Gasteiger partial charge in [0, 0.05) is 11.8 Å². The molecule has 1 aromatic heterocycles. The lowest BCUT2D eigenvalue weighted by Gasteiger charge is -2.12. The number of halogens is 4. The molecule has 0 saturated heterocycles. The molecule has 0 saturated carbocycles. The van der Waals surface area contributed by atoms with Crippen molar-refractivity contribution in [3.63, 3.8) is 0 Å². The molecular formula is C12H7F4N. The molecule has 0 unspecified atom stereocenters. The van der Waals surface area contributed by atoms with Gasteiger partial charge in [-0.2, -0.15) is 17.6 Å². The number of nitrogens with zero attached hydrogens (tertiary/aromatic N) is 1. The molecular weight excluding hydrogens is 234 g/mol. The third kappa shape index (κ3) is 2.43. The van der Waals surface area contributed by atoms with Crippen molar-refractivity contribution in [3.8, 4) is 11.1 Å². The SMILES string of the molecule is Fc1ccc(-c2ccccc2C(F)(F)F)cn1. The molecule has 2 rings (SSSR count). The maximum absolute atomic E-state index is 12.7. The first-order valence-corrected chi connectivity index (χ1v) is 4.76. The highest BCUT2D eigenvalue weighted by atomic mass is 19.4. The third-order valence-corrected chi connectivity index (χ3v) is 2.27. The predicted molar refractivity (Wildman–Crippen MR) is 54.6 cm³/mol. The van der Waals surface area contributed by atoms with E-state index in [-0.39, 0.29) is 11.1 Å². The summed E-state index contributed by atoms with van der Waals surface area (Å²) in [6.45, 7) is 0. The molecule has 88 valence electrons. The molecule has 1 nitrogen and oxygen atoms in total. The molecule has 0 bridgehead atoms. The molecule has 1 heterocycles. The third-order valence-electron chi connectivity index (χ3n) is 2.27. The van der Waals surface area contributed by atoms with Crippen molar-refractivity contribution in [1.29, 1.82) is 0 Å². The number of hydrogen-bond donors (Lipinski definition) is 0. The maximum atomic E-state index is 12.7. The second-order valence-corrected chi connectivity index (χ2v) is 3.41. The average molecular weight is 241 g/mol. The minimum Gasteiger partial charge on any atom is -0.228 e. The standard InChI is InChI=1S/C12H7F4N/c13-11-6-5-8(7-17-11)9-3-1-2-4-10(9)12(14,15)16/h1-7H. The van der Waals surface area contributed by atoms with Crippen LogP contribution in [0, 0.1) is 5.95 Å². The van der Waals surface area contributed by atoms with E-state index in [0.717, 1.165) is 18.3 Å². The maximum Gasteiger partial charge on any atom is 0.417 e. The van der Waals surface area contributed by atoms with E-state index in [9.17, 15) is 17.6 Å². The predicted octanol–water partition coefficient (Wildman–Crippen LogP) is 3.91. The Morgan fingerprint density at radius 3 is 2.24 bits per heavy atom. The Balaban J connectivity index is 2.56. The van der Waals surface area contributed by atoms with Crippen molar-refractivity contribution in [3.05, 3.63) is 54.1 Å². The summed E-state index contributed by atoms with van der Waals surface area (Å²) in [6, 6.07) is 7.42. The monoisotopic (exact) mass is 241 g/mol. The highest BCUT2D eigenvalue weighted by Crippen LogP contribution is 2.36. The van der Waals surface area contributed by atoms with Gasteiger partial charge < -0.3 is 0 Å². The molecule has 0 atom stereocenters. The second-order valence-electron chi connectivity index (χ2n) is 3.41. The van der Waals surface area contributed by atoms with Crippen LogP contribution in [0.4, 0.5) is 17.6 Å². The minimum absolute atomic E-state index is 0.00694. The van der Waals surface area contributed by atoms with Crippen LogP contribution in [-0.4, -0.2) is 4.98 Å². The zero-order chi connectivity index (χ0) is 12.5. The summed E-state index contributed by atoms with van der Waals surface area (Å²) in [6.07, 6.45) is -3.36. The van der Waals surface area contributed by atoms with E-state index in [1.165, 1.54) is 24.3 Å². The Labute approximate surface area is 94.7 Å². The van der Waals surface area contributed by atoms with Gasteiger partial charge in [0.25, 0.3) is 0 Å². The highest BCUT2D eigenvalue weighted by Gasteiger charge is 2.33. The summed E-state index contributed by atoms with van der Waals surface area (Å²) in [5.41, 5.74) is -0.528. The van der Waals surface area contributed by atoms with Crippen molar-refractivity contribution < 1.29 is 17.6 Å². The summed E-state index contributed by atoms with van der Waals surface area (Å²) in [4.78, 5) is 3.34. The molecule has 0 aliphatic carbocycles. The van der Waals surface area contributed by atoms with E-state index in [1.807, 2.05) is 0 Å². The van der Waals surface area contributed by atoms with Gasteiger partial charge in [-0.05, 0) is 23.8 Å². The van der Waals surface area contributed by atoms with Crippen LogP contribution in [0.5, 0.6) is 0 Å². The molecule has 0 radical (unpaired) electrons. The Kier molecular flexibility index (Phi) is 2.83. The number of hydrogen-bond acceptors (Lipinski definition) is 1. The van der Waals surface area contributed by atoms with Gasteiger partial charge in [-0.15, -0.1) is 0 Å². The van der Waals surface area contributed by atoms with E-state index in [1.54, 1.807) is 0 Å². The molecule has 0 spiro atoms. The van der Waals surface area contributed by atoms with Crippen LogP contribution < -0.4 is 0 Å². The van der Waals surface area contributed by atoms with Crippen molar-refractivity contribution in [2.45, 2.75) is 6.18 Å². The molecule has 0 aliphatic heterocycles. The average Bonchev–Trinajstić information content (AvgIpc) is 2.29. The van der Waals surface area contributed by atoms with E-state index in [0.29, 0.717) is 0 Å². The van der Waals surface area contributed by atoms with Crippen molar-refractivity contribution in [1.82, 2.24) is 4.98 Å². The smallest absolute Gasteiger partial charge is 0.228 e. The molecule has 2 aromatic rings.